The lowest BCUT2D eigenvalue weighted by Crippen LogP contribution is -2.15. The summed E-state index contributed by atoms with van der Waals surface area (Å²) in [7, 11) is 0. The molecule has 0 saturated carbocycles. The van der Waals surface area contributed by atoms with Crippen molar-refractivity contribution in [3.63, 3.8) is 0 Å². The summed E-state index contributed by atoms with van der Waals surface area (Å²) in [5.74, 6) is -1.61. The highest BCUT2D eigenvalue weighted by molar-refractivity contribution is 5.79. The lowest BCUT2D eigenvalue weighted by atomic mass is 9.84. The number of alkyl halides is 2. The number of hydrogen-bond donors (Lipinski definition) is 0. The zero-order valence-corrected chi connectivity index (χ0v) is 10.4. The first-order chi connectivity index (χ1) is 9.04. The third-order valence-electron chi connectivity index (χ3n) is 3.29. The second-order valence-corrected chi connectivity index (χ2v) is 4.53. The summed E-state index contributed by atoms with van der Waals surface area (Å²) >= 11 is 0. The molecule has 0 heterocycles. The highest BCUT2D eigenvalue weighted by Gasteiger charge is 2.27. The lowest BCUT2D eigenvalue weighted by Gasteiger charge is -2.22. The van der Waals surface area contributed by atoms with E-state index in [-0.39, 0.29) is 12.0 Å². The van der Waals surface area contributed by atoms with Gasteiger partial charge in [0.25, 0.3) is 0 Å². The molecule has 1 atom stereocenters. The van der Waals surface area contributed by atoms with Gasteiger partial charge in [0.05, 0.1) is 5.56 Å². The Bertz CT molecular complexity index is 559. The van der Waals surface area contributed by atoms with E-state index in [1.807, 2.05) is 0 Å². The fourth-order valence-electron chi connectivity index (χ4n) is 2.28. The average molecular weight is 266 g/mol. The largest absolute Gasteiger partial charge is 0.298 e. The van der Waals surface area contributed by atoms with Crippen molar-refractivity contribution in [3.8, 4) is 0 Å². The van der Waals surface area contributed by atoms with Crippen LogP contribution in [-0.4, -0.2) is 12.7 Å². The van der Waals surface area contributed by atoms with Crippen LogP contribution in [0, 0.1) is 18.7 Å². The standard InChI is InChI=1S/C15H13F3O/c1-9-6-10(8-19)14(16)7-13(9)11-4-2-3-5-12(11)15(17)18/h2-4,6-8,12,15H,5H2,1H3. The summed E-state index contributed by atoms with van der Waals surface area (Å²) in [6.07, 6.45) is 3.11. The van der Waals surface area contributed by atoms with Crippen LogP contribution in [0.3, 0.4) is 0 Å². The monoisotopic (exact) mass is 266 g/mol. The maximum Gasteiger partial charge on any atom is 0.245 e. The normalized spacial score (nSPS) is 18.6. The highest BCUT2D eigenvalue weighted by Crippen LogP contribution is 2.36. The Balaban J connectivity index is 2.51. The van der Waals surface area contributed by atoms with Gasteiger partial charge in [-0.25, -0.2) is 13.2 Å². The van der Waals surface area contributed by atoms with Gasteiger partial charge in [0.15, 0.2) is 6.29 Å². The third-order valence-corrected chi connectivity index (χ3v) is 3.29. The summed E-state index contributed by atoms with van der Waals surface area (Å²) in [6.45, 7) is 1.68. The molecule has 0 fully saturated rings. The van der Waals surface area contributed by atoms with Crippen LogP contribution in [0.5, 0.6) is 0 Å². The molecule has 0 saturated heterocycles. The van der Waals surface area contributed by atoms with Crippen LogP contribution in [0.2, 0.25) is 0 Å². The Kier molecular flexibility index (Phi) is 3.88. The van der Waals surface area contributed by atoms with Crippen molar-refractivity contribution >= 4 is 11.9 Å². The molecule has 4 heteroatoms. The summed E-state index contributed by atoms with van der Waals surface area (Å²) in [5, 5.41) is 0. The Hall–Kier alpha value is -1.84. The van der Waals surface area contributed by atoms with Crippen molar-refractivity contribution in [3.05, 3.63) is 52.9 Å². The van der Waals surface area contributed by atoms with Crippen molar-refractivity contribution in [2.24, 2.45) is 5.92 Å². The smallest absolute Gasteiger partial charge is 0.245 e. The first-order valence-corrected chi connectivity index (χ1v) is 5.95. The van der Waals surface area contributed by atoms with E-state index in [0.717, 1.165) is 0 Å². The molecule has 0 aromatic heterocycles. The molecule has 0 amide bonds. The molecule has 2 rings (SSSR count). The van der Waals surface area contributed by atoms with Crippen LogP contribution in [0.4, 0.5) is 13.2 Å². The van der Waals surface area contributed by atoms with Crippen molar-refractivity contribution in [2.75, 3.05) is 0 Å². The Morgan fingerprint density at radius 3 is 2.74 bits per heavy atom. The van der Waals surface area contributed by atoms with E-state index in [9.17, 15) is 18.0 Å². The molecular weight excluding hydrogens is 253 g/mol. The lowest BCUT2D eigenvalue weighted by molar-refractivity contribution is 0.105. The maximum atomic E-state index is 13.6. The van der Waals surface area contributed by atoms with E-state index in [1.54, 1.807) is 25.2 Å². The Morgan fingerprint density at radius 1 is 1.37 bits per heavy atom. The summed E-state index contributed by atoms with van der Waals surface area (Å²) in [6, 6.07) is 2.55. The SMILES string of the molecule is Cc1cc(C=O)c(F)cc1C1=CC=CCC1C(F)F. The number of carbonyl (C=O) groups excluding carboxylic acids is 1. The predicted octanol–water partition coefficient (Wildman–Crippen LogP) is 4.17. The molecule has 0 spiro atoms. The van der Waals surface area contributed by atoms with Crippen LogP contribution < -0.4 is 0 Å². The number of aldehydes is 1. The minimum Gasteiger partial charge on any atom is -0.298 e. The van der Waals surface area contributed by atoms with Gasteiger partial charge >= 0.3 is 0 Å². The molecule has 0 N–H and O–H groups in total. The second kappa shape index (κ2) is 5.43. The fourth-order valence-corrected chi connectivity index (χ4v) is 2.28. The van der Waals surface area contributed by atoms with E-state index in [2.05, 4.69) is 0 Å². The number of aryl methyl sites for hydroxylation is 1. The van der Waals surface area contributed by atoms with Crippen LogP contribution in [0.15, 0.2) is 30.4 Å². The van der Waals surface area contributed by atoms with Gasteiger partial charge in [-0.05, 0) is 42.2 Å². The van der Waals surface area contributed by atoms with Crippen LogP contribution in [0.1, 0.15) is 27.9 Å². The Labute approximate surface area is 109 Å². The van der Waals surface area contributed by atoms with Gasteiger partial charge in [-0.1, -0.05) is 18.2 Å². The van der Waals surface area contributed by atoms with Gasteiger partial charge in [0, 0.05) is 5.92 Å². The van der Waals surface area contributed by atoms with Gasteiger partial charge in [-0.2, -0.15) is 0 Å². The minimum atomic E-state index is -2.50. The third kappa shape index (κ3) is 2.62. The second-order valence-electron chi connectivity index (χ2n) is 4.53. The number of halogens is 3. The summed E-state index contributed by atoms with van der Waals surface area (Å²) < 4.78 is 39.7. The predicted molar refractivity (Wildman–Crippen MR) is 67.8 cm³/mol. The summed E-state index contributed by atoms with van der Waals surface area (Å²) in [5.41, 5.74) is 1.43. The quantitative estimate of drug-likeness (QED) is 0.750. The van der Waals surface area contributed by atoms with Gasteiger partial charge in [0.1, 0.15) is 5.82 Å². The number of allylic oxidation sites excluding steroid dienone is 4. The molecule has 1 nitrogen and oxygen atoms in total. The first kappa shape index (κ1) is 13.6. The summed E-state index contributed by atoms with van der Waals surface area (Å²) in [4.78, 5) is 10.7. The van der Waals surface area contributed by atoms with Crippen molar-refractivity contribution in [1.29, 1.82) is 0 Å². The van der Waals surface area contributed by atoms with Crippen molar-refractivity contribution in [2.45, 2.75) is 19.8 Å². The van der Waals surface area contributed by atoms with Crippen molar-refractivity contribution in [1.82, 2.24) is 0 Å². The number of hydrogen-bond acceptors (Lipinski definition) is 1. The van der Waals surface area contributed by atoms with Gasteiger partial charge in [-0.15, -0.1) is 0 Å². The molecule has 100 valence electrons. The van der Waals surface area contributed by atoms with Crippen LogP contribution in [0.25, 0.3) is 5.57 Å². The zero-order chi connectivity index (χ0) is 14.0. The van der Waals surface area contributed by atoms with Gasteiger partial charge in [-0.3, -0.25) is 4.79 Å². The first-order valence-electron chi connectivity index (χ1n) is 5.95. The molecule has 0 bridgehead atoms. The van der Waals surface area contributed by atoms with E-state index in [4.69, 9.17) is 0 Å². The zero-order valence-electron chi connectivity index (χ0n) is 10.4. The molecular formula is C15H13F3O. The average Bonchev–Trinajstić information content (AvgIpc) is 2.40. The van der Waals surface area contributed by atoms with Gasteiger partial charge < -0.3 is 0 Å². The molecule has 1 aromatic rings. The highest BCUT2D eigenvalue weighted by atomic mass is 19.3. The minimum absolute atomic E-state index is 0.0539. The van der Waals surface area contributed by atoms with Crippen LogP contribution >= 0.6 is 0 Å². The van der Waals surface area contributed by atoms with E-state index in [1.165, 1.54) is 12.1 Å². The molecule has 0 aliphatic heterocycles. The molecule has 1 aliphatic rings. The van der Waals surface area contributed by atoms with Crippen molar-refractivity contribution < 1.29 is 18.0 Å². The molecule has 19 heavy (non-hydrogen) atoms. The molecule has 0 radical (unpaired) electrons. The molecule has 1 aliphatic carbocycles. The van der Waals surface area contributed by atoms with E-state index < -0.39 is 18.2 Å². The molecule has 1 aromatic carbocycles. The topological polar surface area (TPSA) is 17.1 Å². The number of carbonyl (C=O) groups is 1. The Morgan fingerprint density at radius 2 is 2.11 bits per heavy atom. The van der Waals surface area contributed by atoms with E-state index >= 15 is 0 Å². The van der Waals surface area contributed by atoms with E-state index in [0.29, 0.717) is 23.0 Å². The van der Waals surface area contributed by atoms with Crippen LogP contribution in [-0.2, 0) is 0 Å². The molecule has 1 unspecified atom stereocenters. The fraction of sp³-hybridized carbons (Fsp3) is 0.267. The number of rotatable bonds is 3. The maximum absolute atomic E-state index is 13.6. The number of benzene rings is 1. The van der Waals surface area contributed by atoms with Gasteiger partial charge in [0.2, 0.25) is 6.43 Å².